The summed E-state index contributed by atoms with van der Waals surface area (Å²) in [5.74, 6) is 0.581. The fourth-order valence-electron chi connectivity index (χ4n) is 1.11. The first-order valence-corrected chi connectivity index (χ1v) is 3.81. The van der Waals surface area contributed by atoms with Crippen LogP contribution in [0.3, 0.4) is 0 Å². The molecule has 2 heterocycles. The van der Waals surface area contributed by atoms with Gasteiger partial charge in [-0.1, -0.05) is 0 Å². The van der Waals surface area contributed by atoms with Crippen molar-refractivity contribution in [3.05, 3.63) is 41.5 Å². The highest BCUT2D eigenvalue weighted by Gasteiger charge is 2.19. The van der Waals surface area contributed by atoms with E-state index < -0.39 is 0 Å². The van der Waals surface area contributed by atoms with Crippen molar-refractivity contribution in [2.45, 2.75) is 6.92 Å². The summed E-state index contributed by atoms with van der Waals surface area (Å²) >= 11 is 0. The van der Waals surface area contributed by atoms with Crippen LogP contribution in [0.25, 0.3) is 0 Å². The normalized spacial score (nSPS) is 26.4. The molecular weight excluding hydrogens is 168 g/mol. The third-order valence-corrected chi connectivity index (χ3v) is 1.73. The maximum absolute atomic E-state index is 10.5. The highest BCUT2D eigenvalue weighted by molar-refractivity contribution is 5.81. The lowest BCUT2D eigenvalue weighted by Crippen LogP contribution is -1.92. The molecule has 1 radical (unpaired) electrons. The Morgan fingerprint density at radius 1 is 1.46 bits per heavy atom. The molecule has 0 amide bonds. The van der Waals surface area contributed by atoms with Crippen molar-refractivity contribution in [2.75, 3.05) is 0 Å². The van der Waals surface area contributed by atoms with Crippen molar-refractivity contribution in [1.82, 2.24) is 0 Å². The monoisotopic (exact) mass is 175 g/mol. The Balaban J connectivity index is 2.35. The maximum Gasteiger partial charge on any atom is 0.168 e. The Bertz CT molecular complexity index is 364. The van der Waals surface area contributed by atoms with Gasteiger partial charge in [-0.05, 0) is 19.1 Å². The van der Waals surface area contributed by atoms with Gasteiger partial charge in [0.05, 0.1) is 11.8 Å². The largest absolute Gasteiger partial charge is 0.477 e. The van der Waals surface area contributed by atoms with Gasteiger partial charge in [0.2, 0.25) is 0 Å². The van der Waals surface area contributed by atoms with Crippen molar-refractivity contribution >= 4 is 6.29 Å². The Labute approximate surface area is 75.3 Å². The van der Waals surface area contributed by atoms with Gasteiger partial charge in [0.25, 0.3) is 0 Å². The molecule has 0 saturated heterocycles. The molecule has 4 nitrogen and oxygen atoms in total. The molecule has 0 aromatic carbocycles. The zero-order chi connectivity index (χ0) is 9.26. The third kappa shape index (κ3) is 1.30. The minimum absolute atomic E-state index is 0.453. The number of rotatable bonds is 1. The fourth-order valence-corrected chi connectivity index (χ4v) is 1.11. The minimum atomic E-state index is 0.453. The van der Waals surface area contributed by atoms with E-state index in [9.17, 15) is 4.79 Å². The maximum atomic E-state index is 10.5. The van der Waals surface area contributed by atoms with Crippen LogP contribution in [0.5, 0.6) is 0 Å². The topological polar surface area (TPSA) is 51.0 Å². The molecule has 2 aliphatic heterocycles. The van der Waals surface area contributed by atoms with Crippen LogP contribution in [0.15, 0.2) is 45.6 Å². The van der Waals surface area contributed by atoms with Crippen LogP contribution < -0.4 is 0 Å². The zero-order valence-corrected chi connectivity index (χ0v) is 7.02. The molecule has 13 heavy (non-hydrogen) atoms. The molecule has 2 rings (SSSR count). The second-order valence-electron chi connectivity index (χ2n) is 2.68. The SMILES string of the molecule is C[C]1C=CC(=C2N=NC=C2C=O)O1. The second-order valence-corrected chi connectivity index (χ2v) is 2.68. The van der Waals surface area contributed by atoms with Gasteiger partial charge in [0.1, 0.15) is 11.5 Å². The van der Waals surface area contributed by atoms with Crippen LogP contribution >= 0.6 is 0 Å². The lowest BCUT2D eigenvalue weighted by Gasteiger charge is -2.03. The van der Waals surface area contributed by atoms with Gasteiger partial charge < -0.3 is 4.74 Å². The van der Waals surface area contributed by atoms with Gasteiger partial charge in [-0.15, -0.1) is 5.11 Å². The summed E-state index contributed by atoms with van der Waals surface area (Å²) in [6.45, 7) is 1.83. The smallest absolute Gasteiger partial charge is 0.168 e. The molecule has 2 aliphatic rings. The Hall–Kier alpha value is -1.71. The highest BCUT2D eigenvalue weighted by atomic mass is 16.5. The molecular formula is C9H7N2O2. The average molecular weight is 175 g/mol. The van der Waals surface area contributed by atoms with E-state index in [0.29, 0.717) is 23.3 Å². The second kappa shape index (κ2) is 2.97. The molecule has 0 aromatic heterocycles. The molecule has 0 spiro atoms. The molecule has 0 saturated carbocycles. The van der Waals surface area contributed by atoms with Crippen LogP contribution in [0.4, 0.5) is 0 Å². The predicted octanol–water partition coefficient (Wildman–Crippen LogP) is 1.88. The van der Waals surface area contributed by atoms with Crippen LogP contribution in [-0.2, 0) is 9.53 Å². The first-order chi connectivity index (χ1) is 6.31. The van der Waals surface area contributed by atoms with E-state index in [1.807, 2.05) is 13.0 Å². The minimum Gasteiger partial charge on any atom is -0.477 e. The van der Waals surface area contributed by atoms with Crippen molar-refractivity contribution in [3.63, 3.8) is 0 Å². The molecule has 0 unspecified atom stereocenters. The van der Waals surface area contributed by atoms with E-state index in [1.54, 1.807) is 6.08 Å². The number of carbonyl (C=O) groups is 1. The van der Waals surface area contributed by atoms with Crippen molar-refractivity contribution in [3.8, 4) is 0 Å². The van der Waals surface area contributed by atoms with Crippen LogP contribution in [-0.4, -0.2) is 6.29 Å². The Kier molecular flexibility index (Phi) is 1.81. The molecule has 65 valence electrons. The Morgan fingerprint density at radius 3 is 2.92 bits per heavy atom. The van der Waals surface area contributed by atoms with Crippen molar-refractivity contribution in [2.24, 2.45) is 10.2 Å². The summed E-state index contributed by atoms with van der Waals surface area (Å²) < 4.78 is 5.31. The summed E-state index contributed by atoms with van der Waals surface area (Å²) in [7, 11) is 0. The van der Waals surface area contributed by atoms with Crippen LogP contribution in [0.1, 0.15) is 6.92 Å². The summed E-state index contributed by atoms with van der Waals surface area (Å²) in [6, 6.07) is 0. The van der Waals surface area contributed by atoms with Gasteiger partial charge in [0.15, 0.2) is 12.4 Å². The number of azo groups is 1. The van der Waals surface area contributed by atoms with E-state index in [4.69, 9.17) is 4.74 Å². The fraction of sp³-hybridized carbons (Fsp3) is 0.111. The van der Waals surface area contributed by atoms with Gasteiger partial charge in [-0.2, -0.15) is 5.11 Å². The van der Waals surface area contributed by atoms with Gasteiger partial charge >= 0.3 is 0 Å². The van der Waals surface area contributed by atoms with E-state index >= 15 is 0 Å². The first-order valence-electron chi connectivity index (χ1n) is 3.81. The molecule has 0 aliphatic carbocycles. The number of hydrogen-bond donors (Lipinski definition) is 0. The standard InChI is InChI=1S/C9H7N2O2/c1-6-2-3-8(13-6)9-7(5-12)4-10-11-9/h2-5H,1H3. The quantitative estimate of drug-likeness (QED) is 0.571. The van der Waals surface area contributed by atoms with Crippen LogP contribution in [0.2, 0.25) is 0 Å². The zero-order valence-electron chi connectivity index (χ0n) is 7.02. The van der Waals surface area contributed by atoms with E-state index in [2.05, 4.69) is 10.2 Å². The molecule has 0 N–H and O–H groups in total. The molecule has 0 aromatic rings. The molecule has 4 heteroatoms. The predicted molar refractivity (Wildman–Crippen MR) is 45.2 cm³/mol. The van der Waals surface area contributed by atoms with Crippen LogP contribution in [0, 0.1) is 6.10 Å². The Morgan fingerprint density at radius 2 is 2.31 bits per heavy atom. The van der Waals surface area contributed by atoms with E-state index in [1.165, 1.54) is 6.20 Å². The van der Waals surface area contributed by atoms with E-state index in [0.717, 1.165) is 6.10 Å². The van der Waals surface area contributed by atoms with Gasteiger partial charge in [0, 0.05) is 0 Å². The van der Waals surface area contributed by atoms with Gasteiger partial charge in [-0.3, -0.25) is 4.79 Å². The van der Waals surface area contributed by atoms with E-state index in [-0.39, 0.29) is 0 Å². The number of aldehydes is 1. The summed E-state index contributed by atoms with van der Waals surface area (Å²) in [5, 5.41) is 7.43. The van der Waals surface area contributed by atoms with Crippen molar-refractivity contribution < 1.29 is 9.53 Å². The third-order valence-electron chi connectivity index (χ3n) is 1.73. The number of carbonyl (C=O) groups excluding carboxylic acids is 1. The average Bonchev–Trinajstić information content (AvgIpc) is 2.71. The molecule has 0 fully saturated rings. The number of nitrogens with zero attached hydrogens (tertiary/aromatic N) is 2. The van der Waals surface area contributed by atoms with Gasteiger partial charge in [-0.25, -0.2) is 0 Å². The summed E-state index contributed by atoms with van der Waals surface area (Å²) in [4.78, 5) is 10.5. The first kappa shape index (κ1) is 7.91. The molecule has 0 bridgehead atoms. The number of hydrogen-bond acceptors (Lipinski definition) is 4. The van der Waals surface area contributed by atoms with Crippen molar-refractivity contribution in [1.29, 1.82) is 0 Å². The summed E-state index contributed by atoms with van der Waals surface area (Å²) in [6.07, 6.45) is 6.51. The molecule has 0 atom stereocenters. The summed E-state index contributed by atoms with van der Waals surface area (Å²) in [5.41, 5.74) is 0.956. The lowest BCUT2D eigenvalue weighted by atomic mass is 10.2. The highest BCUT2D eigenvalue weighted by Crippen LogP contribution is 2.29. The number of allylic oxidation sites excluding steroid dienone is 2. The lowest BCUT2D eigenvalue weighted by molar-refractivity contribution is -0.104. The number of ether oxygens (including phenoxy) is 1.